The lowest BCUT2D eigenvalue weighted by Gasteiger charge is -2.34. The number of anilines is 1. The second kappa shape index (κ2) is 16.9. The van der Waals surface area contributed by atoms with Crippen molar-refractivity contribution < 1.29 is 22.7 Å². The van der Waals surface area contributed by atoms with E-state index in [1.807, 2.05) is 81.6 Å². The van der Waals surface area contributed by atoms with Crippen LogP contribution in [0, 0.1) is 0 Å². The molecular weight excluding hydrogens is 698 g/mol. The Morgan fingerprint density at radius 2 is 1.51 bits per heavy atom. The van der Waals surface area contributed by atoms with Crippen LogP contribution in [-0.4, -0.2) is 56.6 Å². The third kappa shape index (κ3) is 9.85. The van der Waals surface area contributed by atoms with E-state index in [4.69, 9.17) is 4.74 Å². The van der Waals surface area contributed by atoms with Gasteiger partial charge in [-0.15, -0.1) is 11.8 Å². The number of halogens is 1. The highest BCUT2D eigenvalue weighted by Crippen LogP contribution is 2.28. The van der Waals surface area contributed by atoms with Gasteiger partial charge in [-0.1, -0.05) is 58.4 Å². The van der Waals surface area contributed by atoms with Gasteiger partial charge in [-0.3, -0.25) is 13.9 Å². The van der Waals surface area contributed by atoms with Gasteiger partial charge in [0.1, 0.15) is 18.3 Å². The first-order valence-electron chi connectivity index (χ1n) is 15.3. The monoisotopic (exact) mass is 737 g/mol. The number of ether oxygens (including phenoxy) is 1. The molecule has 0 aliphatic carbocycles. The highest BCUT2D eigenvalue weighted by atomic mass is 79.9. The van der Waals surface area contributed by atoms with E-state index in [-0.39, 0.29) is 29.8 Å². The smallest absolute Gasteiger partial charge is 0.264 e. The van der Waals surface area contributed by atoms with Gasteiger partial charge in [-0.25, -0.2) is 8.42 Å². The predicted molar refractivity (Wildman–Crippen MR) is 192 cm³/mol. The molecular formula is C36H40BrN3O5S2. The van der Waals surface area contributed by atoms with Crippen molar-refractivity contribution in [3.05, 3.63) is 119 Å². The first-order chi connectivity index (χ1) is 22.5. The molecule has 0 spiro atoms. The van der Waals surface area contributed by atoms with Crippen LogP contribution >= 0.6 is 27.7 Å². The third-order valence-corrected chi connectivity index (χ3v) is 10.4. The lowest BCUT2D eigenvalue weighted by Crippen LogP contribution is -2.54. The minimum absolute atomic E-state index is 0.0508. The Morgan fingerprint density at radius 1 is 0.872 bits per heavy atom. The maximum absolute atomic E-state index is 14.6. The molecule has 0 saturated heterocycles. The number of hydrogen-bond acceptors (Lipinski definition) is 6. The Kier molecular flexibility index (Phi) is 12.9. The molecule has 248 valence electrons. The summed E-state index contributed by atoms with van der Waals surface area (Å²) in [7, 11) is -4.21. The zero-order valence-corrected chi connectivity index (χ0v) is 30.1. The third-order valence-electron chi connectivity index (χ3n) is 7.33. The van der Waals surface area contributed by atoms with Crippen molar-refractivity contribution in [3.63, 3.8) is 0 Å². The van der Waals surface area contributed by atoms with Crippen LogP contribution in [0.1, 0.15) is 31.9 Å². The van der Waals surface area contributed by atoms with Gasteiger partial charge in [-0.05, 0) is 98.8 Å². The molecule has 8 nitrogen and oxygen atoms in total. The van der Waals surface area contributed by atoms with Gasteiger partial charge in [0.15, 0.2) is 0 Å². The van der Waals surface area contributed by atoms with E-state index in [9.17, 15) is 18.0 Å². The van der Waals surface area contributed by atoms with Crippen LogP contribution in [0.4, 0.5) is 5.69 Å². The second-order valence-electron chi connectivity index (χ2n) is 11.1. The van der Waals surface area contributed by atoms with Gasteiger partial charge < -0.3 is 15.0 Å². The number of carbonyl (C=O) groups is 2. The molecule has 0 fully saturated rings. The number of carbonyl (C=O) groups excluding carboxylic acids is 2. The summed E-state index contributed by atoms with van der Waals surface area (Å²) in [6.07, 6.45) is 2.16. The predicted octanol–water partition coefficient (Wildman–Crippen LogP) is 6.93. The average Bonchev–Trinajstić information content (AvgIpc) is 3.06. The molecule has 0 bridgehead atoms. The number of thioether (sulfide) groups is 1. The Balaban J connectivity index is 1.80. The van der Waals surface area contributed by atoms with Crippen LogP contribution in [0.5, 0.6) is 5.75 Å². The zero-order chi connectivity index (χ0) is 34.0. The normalized spacial score (nSPS) is 12.0. The number of hydrogen-bond donors (Lipinski definition) is 1. The van der Waals surface area contributed by atoms with Gasteiger partial charge in [-0.2, -0.15) is 0 Å². The number of nitrogens with zero attached hydrogens (tertiary/aromatic N) is 2. The van der Waals surface area contributed by atoms with Gasteiger partial charge >= 0.3 is 0 Å². The molecule has 1 N–H and O–H groups in total. The molecule has 4 rings (SSSR count). The summed E-state index contributed by atoms with van der Waals surface area (Å²) < 4.78 is 36.1. The Labute approximate surface area is 290 Å². The quantitative estimate of drug-likeness (QED) is 0.133. The number of benzene rings is 4. The van der Waals surface area contributed by atoms with Crippen molar-refractivity contribution in [1.82, 2.24) is 10.2 Å². The van der Waals surface area contributed by atoms with Gasteiger partial charge in [0.05, 0.1) is 17.2 Å². The summed E-state index contributed by atoms with van der Waals surface area (Å²) in [4.78, 5) is 30.8. The Morgan fingerprint density at radius 3 is 2.09 bits per heavy atom. The fourth-order valence-corrected chi connectivity index (χ4v) is 7.09. The summed E-state index contributed by atoms with van der Waals surface area (Å²) in [6, 6.07) is 29.0. The summed E-state index contributed by atoms with van der Waals surface area (Å²) >= 11 is 4.96. The van der Waals surface area contributed by atoms with Crippen LogP contribution in [-0.2, 0) is 32.6 Å². The number of amides is 2. The molecule has 1 atom stereocenters. The first-order valence-corrected chi connectivity index (χ1v) is 18.8. The minimum atomic E-state index is -4.21. The molecule has 0 heterocycles. The molecule has 0 radical (unpaired) electrons. The molecule has 0 aliphatic rings. The summed E-state index contributed by atoms with van der Waals surface area (Å²) in [5.74, 6) is -0.266. The van der Waals surface area contributed by atoms with Gasteiger partial charge in [0.25, 0.3) is 10.0 Å². The van der Waals surface area contributed by atoms with E-state index in [1.54, 1.807) is 48.5 Å². The molecule has 0 saturated carbocycles. The van der Waals surface area contributed by atoms with Gasteiger partial charge in [0.2, 0.25) is 11.8 Å². The van der Waals surface area contributed by atoms with Crippen LogP contribution in [0.15, 0.2) is 117 Å². The summed E-state index contributed by atoms with van der Waals surface area (Å²) in [5.41, 5.74) is 1.96. The maximum atomic E-state index is 14.6. The standard InChI is InChI=1S/C36H40BrN3O5S2/c1-5-45-31-17-15-30(16-18-31)40(47(43,44)33-21-19-32(46-4)20-22-33)25-35(41)39(24-28-11-13-29(37)14-12-28)34(36(42)38-26(2)3)23-27-9-7-6-8-10-27/h6-22,26,34H,5,23-25H2,1-4H3,(H,38,42)/t34-/m0/s1. The number of sulfonamides is 1. The van der Waals surface area contributed by atoms with Crippen LogP contribution in [0.3, 0.4) is 0 Å². The summed E-state index contributed by atoms with van der Waals surface area (Å²) in [6.45, 7) is 5.60. The number of rotatable bonds is 15. The van der Waals surface area contributed by atoms with E-state index in [2.05, 4.69) is 21.2 Å². The van der Waals surface area contributed by atoms with Crippen molar-refractivity contribution in [2.24, 2.45) is 0 Å². The zero-order valence-electron chi connectivity index (χ0n) is 26.9. The first kappa shape index (κ1) is 36.0. The van der Waals surface area contributed by atoms with E-state index < -0.39 is 28.5 Å². The maximum Gasteiger partial charge on any atom is 0.264 e. The highest BCUT2D eigenvalue weighted by molar-refractivity contribution is 9.10. The van der Waals surface area contributed by atoms with E-state index >= 15 is 0 Å². The highest BCUT2D eigenvalue weighted by Gasteiger charge is 2.35. The lowest BCUT2D eigenvalue weighted by atomic mass is 10.0. The van der Waals surface area contributed by atoms with Crippen molar-refractivity contribution in [1.29, 1.82) is 0 Å². The topological polar surface area (TPSA) is 96.0 Å². The van der Waals surface area contributed by atoms with E-state index in [1.165, 1.54) is 16.7 Å². The van der Waals surface area contributed by atoms with Crippen molar-refractivity contribution in [2.75, 3.05) is 23.7 Å². The van der Waals surface area contributed by atoms with E-state index in [0.717, 1.165) is 24.8 Å². The fraction of sp³-hybridized carbons (Fsp3) is 0.278. The molecule has 4 aromatic carbocycles. The second-order valence-corrected chi connectivity index (χ2v) is 14.8. The van der Waals surface area contributed by atoms with Crippen molar-refractivity contribution >= 4 is 55.2 Å². The molecule has 2 amide bonds. The average molecular weight is 739 g/mol. The molecule has 4 aromatic rings. The van der Waals surface area contributed by atoms with Crippen LogP contribution in [0.25, 0.3) is 0 Å². The lowest BCUT2D eigenvalue weighted by molar-refractivity contribution is -0.140. The fourth-order valence-electron chi connectivity index (χ4n) is 5.00. The molecule has 0 unspecified atom stereocenters. The van der Waals surface area contributed by atoms with E-state index in [0.29, 0.717) is 18.0 Å². The Hall–Kier alpha value is -3.80. The number of nitrogens with one attached hydrogen (secondary N) is 1. The van der Waals surface area contributed by atoms with Crippen LogP contribution < -0.4 is 14.4 Å². The minimum Gasteiger partial charge on any atom is -0.494 e. The summed E-state index contributed by atoms with van der Waals surface area (Å²) in [5, 5.41) is 2.98. The largest absolute Gasteiger partial charge is 0.494 e. The van der Waals surface area contributed by atoms with Crippen LogP contribution in [0.2, 0.25) is 0 Å². The molecule has 11 heteroatoms. The van der Waals surface area contributed by atoms with Crippen molar-refractivity contribution in [3.8, 4) is 5.75 Å². The SMILES string of the molecule is CCOc1ccc(N(CC(=O)N(Cc2ccc(Br)cc2)[C@@H](Cc2ccccc2)C(=O)NC(C)C)S(=O)(=O)c2ccc(SC)cc2)cc1. The molecule has 47 heavy (non-hydrogen) atoms. The molecule has 0 aliphatic heterocycles. The molecule has 0 aromatic heterocycles. The van der Waals surface area contributed by atoms with Crippen molar-refractivity contribution in [2.45, 2.75) is 55.6 Å². The van der Waals surface area contributed by atoms with Gasteiger partial charge in [0, 0.05) is 28.4 Å². The Bertz CT molecular complexity index is 1720.